The SMILES string of the molecule is C1=CC2=C3C=CC(c4ccccc4)OC3=CC2C=C1. The molecule has 0 bridgehead atoms. The minimum atomic E-state index is 0.0323. The van der Waals surface area contributed by atoms with Crippen LogP contribution in [0.1, 0.15) is 11.7 Å². The van der Waals surface area contributed by atoms with Gasteiger partial charge in [0.2, 0.25) is 0 Å². The van der Waals surface area contributed by atoms with Crippen LogP contribution in [0.3, 0.4) is 0 Å². The molecule has 0 fully saturated rings. The molecular weight excluding hydrogens is 232 g/mol. The van der Waals surface area contributed by atoms with Gasteiger partial charge in [-0.3, -0.25) is 0 Å². The van der Waals surface area contributed by atoms with Crippen molar-refractivity contribution in [2.45, 2.75) is 6.10 Å². The van der Waals surface area contributed by atoms with Crippen molar-refractivity contribution in [1.29, 1.82) is 0 Å². The molecule has 0 aromatic heterocycles. The van der Waals surface area contributed by atoms with Crippen LogP contribution in [0.4, 0.5) is 0 Å². The van der Waals surface area contributed by atoms with Crippen LogP contribution in [0.15, 0.2) is 89.8 Å². The minimum Gasteiger partial charge on any atom is -0.481 e. The van der Waals surface area contributed by atoms with Crippen LogP contribution in [-0.2, 0) is 4.74 Å². The first kappa shape index (κ1) is 10.6. The van der Waals surface area contributed by atoms with Gasteiger partial charge in [0.05, 0.1) is 0 Å². The highest BCUT2D eigenvalue weighted by Gasteiger charge is 2.28. The van der Waals surface area contributed by atoms with Gasteiger partial charge >= 0.3 is 0 Å². The standard InChI is InChI=1S/C18H14O/c1-2-6-13(7-3-1)17-11-10-16-15-9-5-4-8-14(15)12-18(16)19-17/h1-12,14,17H. The average Bonchev–Trinajstić information content (AvgIpc) is 2.86. The number of hydrogen-bond donors (Lipinski definition) is 0. The predicted molar refractivity (Wildman–Crippen MR) is 76.3 cm³/mol. The van der Waals surface area contributed by atoms with Crippen molar-refractivity contribution in [2.75, 3.05) is 0 Å². The van der Waals surface area contributed by atoms with Crippen molar-refractivity contribution in [3.8, 4) is 0 Å². The van der Waals surface area contributed by atoms with Gasteiger partial charge in [0.15, 0.2) is 0 Å². The molecule has 1 heterocycles. The summed E-state index contributed by atoms with van der Waals surface area (Å²) in [7, 11) is 0. The van der Waals surface area contributed by atoms with Gasteiger partial charge in [-0.05, 0) is 23.3 Å². The summed E-state index contributed by atoms with van der Waals surface area (Å²) in [6, 6.07) is 10.3. The van der Waals surface area contributed by atoms with Crippen LogP contribution in [0, 0.1) is 5.92 Å². The Balaban J connectivity index is 1.72. The van der Waals surface area contributed by atoms with Crippen molar-refractivity contribution in [3.63, 3.8) is 0 Å². The third-order valence-corrected chi connectivity index (χ3v) is 3.79. The lowest BCUT2D eigenvalue weighted by molar-refractivity contribution is 0.159. The van der Waals surface area contributed by atoms with E-state index in [0.29, 0.717) is 5.92 Å². The second kappa shape index (κ2) is 4.13. The van der Waals surface area contributed by atoms with Gasteiger partial charge in [0.25, 0.3) is 0 Å². The molecule has 1 aromatic carbocycles. The fourth-order valence-corrected chi connectivity index (χ4v) is 2.83. The van der Waals surface area contributed by atoms with Crippen molar-refractivity contribution in [3.05, 3.63) is 95.3 Å². The molecule has 2 unspecified atom stereocenters. The Labute approximate surface area is 112 Å². The maximum absolute atomic E-state index is 6.14. The molecule has 2 atom stereocenters. The fraction of sp³-hybridized carbons (Fsp3) is 0.111. The first-order chi connectivity index (χ1) is 9.42. The second-order valence-corrected chi connectivity index (χ2v) is 4.98. The van der Waals surface area contributed by atoms with E-state index < -0.39 is 0 Å². The number of fused-ring (bicyclic) bond motifs is 2. The van der Waals surface area contributed by atoms with Crippen LogP contribution in [0.25, 0.3) is 0 Å². The molecule has 3 aliphatic rings. The lowest BCUT2D eigenvalue weighted by atomic mass is 9.95. The quantitative estimate of drug-likeness (QED) is 0.719. The summed E-state index contributed by atoms with van der Waals surface area (Å²) in [5, 5.41) is 0. The summed E-state index contributed by atoms with van der Waals surface area (Å²) in [5.41, 5.74) is 3.78. The molecule has 0 radical (unpaired) electrons. The largest absolute Gasteiger partial charge is 0.481 e. The van der Waals surface area contributed by atoms with Crippen LogP contribution in [0.2, 0.25) is 0 Å². The average molecular weight is 246 g/mol. The maximum atomic E-state index is 6.14. The molecule has 0 saturated heterocycles. The van der Waals surface area contributed by atoms with Crippen LogP contribution >= 0.6 is 0 Å². The van der Waals surface area contributed by atoms with E-state index in [1.54, 1.807) is 0 Å². The maximum Gasteiger partial charge on any atom is 0.142 e. The molecule has 0 saturated carbocycles. The number of rotatable bonds is 1. The summed E-state index contributed by atoms with van der Waals surface area (Å²) in [6.45, 7) is 0. The molecule has 92 valence electrons. The molecular formula is C18H14O. The molecule has 19 heavy (non-hydrogen) atoms. The van der Waals surface area contributed by atoms with Gasteiger partial charge in [-0.1, -0.05) is 60.7 Å². The van der Waals surface area contributed by atoms with E-state index in [-0.39, 0.29) is 6.10 Å². The van der Waals surface area contributed by atoms with Gasteiger partial charge in [-0.15, -0.1) is 0 Å². The van der Waals surface area contributed by atoms with E-state index in [1.165, 1.54) is 16.7 Å². The monoisotopic (exact) mass is 246 g/mol. The van der Waals surface area contributed by atoms with Crippen LogP contribution in [0.5, 0.6) is 0 Å². The zero-order valence-electron chi connectivity index (χ0n) is 10.5. The molecule has 1 nitrogen and oxygen atoms in total. The first-order valence-corrected chi connectivity index (χ1v) is 6.63. The summed E-state index contributed by atoms with van der Waals surface area (Å²) < 4.78 is 6.14. The van der Waals surface area contributed by atoms with Crippen LogP contribution in [-0.4, -0.2) is 0 Å². The van der Waals surface area contributed by atoms with Crippen LogP contribution < -0.4 is 0 Å². The normalized spacial score (nSPS) is 26.8. The van der Waals surface area contributed by atoms with Crippen molar-refractivity contribution in [1.82, 2.24) is 0 Å². The Hall–Kier alpha value is -2.28. The summed E-state index contributed by atoms with van der Waals surface area (Å²) in [5.74, 6) is 1.40. The lowest BCUT2D eigenvalue weighted by Gasteiger charge is -2.22. The number of hydrogen-bond acceptors (Lipinski definition) is 1. The molecule has 1 heteroatoms. The lowest BCUT2D eigenvalue weighted by Crippen LogP contribution is -2.06. The van der Waals surface area contributed by atoms with E-state index in [9.17, 15) is 0 Å². The Morgan fingerprint density at radius 2 is 1.79 bits per heavy atom. The fourth-order valence-electron chi connectivity index (χ4n) is 2.83. The molecule has 1 aromatic rings. The molecule has 2 aliphatic carbocycles. The second-order valence-electron chi connectivity index (χ2n) is 4.98. The topological polar surface area (TPSA) is 9.23 Å². The summed E-state index contributed by atoms with van der Waals surface area (Å²) in [6.07, 6.45) is 15.2. The number of ether oxygens (including phenoxy) is 1. The Kier molecular flexibility index (Phi) is 2.31. The van der Waals surface area contributed by atoms with Crippen molar-refractivity contribution >= 4 is 0 Å². The number of benzene rings is 1. The van der Waals surface area contributed by atoms with Gasteiger partial charge in [0, 0.05) is 11.5 Å². The number of allylic oxidation sites excluding steroid dienone is 7. The first-order valence-electron chi connectivity index (χ1n) is 6.63. The van der Waals surface area contributed by atoms with E-state index in [1.807, 2.05) is 6.07 Å². The van der Waals surface area contributed by atoms with E-state index in [2.05, 4.69) is 66.8 Å². The Morgan fingerprint density at radius 1 is 0.895 bits per heavy atom. The predicted octanol–water partition coefficient (Wildman–Crippen LogP) is 4.25. The van der Waals surface area contributed by atoms with E-state index in [4.69, 9.17) is 4.74 Å². The van der Waals surface area contributed by atoms with Gasteiger partial charge in [0.1, 0.15) is 11.9 Å². The van der Waals surface area contributed by atoms with Crippen molar-refractivity contribution in [2.24, 2.45) is 5.92 Å². The minimum absolute atomic E-state index is 0.0323. The summed E-state index contributed by atoms with van der Waals surface area (Å²) >= 11 is 0. The Bertz CT molecular complexity index is 656. The highest BCUT2D eigenvalue weighted by molar-refractivity contribution is 5.57. The van der Waals surface area contributed by atoms with Gasteiger partial charge in [-0.25, -0.2) is 0 Å². The molecule has 0 N–H and O–H groups in total. The van der Waals surface area contributed by atoms with Gasteiger partial charge in [-0.2, -0.15) is 0 Å². The molecule has 0 amide bonds. The molecule has 0 spiro atoms. The third kappa shape index (κ3) is 1.70. The summed E-state index contributed by atoms with van der Waals surface area (Å²) in [4.78, 5) is 0. The zero-order chi connectivity index (χ0) is 12.7. The molecule has 4 rings (SSSR count). The smallest absolute Gasteiger partial charge is 0.142 e. The van der Waals surface area contributed by atoms with Crippen molar-refractivity contribution < 1.29 is 4.74 Å². The van der Waals surface area contributed by atoms with E-state index >= 15 is 0 Å². The zero-order valence-corrected chi connectivity index (χ0v) is 10.5. The Morgan fingerprint density at radius 3 is 2.68 bits per heavy atom. The third-order valence-electron chi connectivity index (χ3n) is 3.79. The highest BCUT2D eigenvalue weighted by atomic mass is 16.5. The molecule has 1 aliphatic heterocycles. The highest BCUT2D eigenvalue weighted by Crippen LogP contribution is 2.41. The van der Waals surface area contributed by atoms with Gasteiger partial charge < -0.3 is 4.74 Å². The van der Waals surface area contributed by atoms with E-state index in [0.717, 1.165) is 5.76 Å².